The number of nitrogens with one attached hydrogen (secondary N) is 1. The number of fused-ring (bicyclic) bond motifs is 4. The van der Waals surface area contributed by atoms with Crippen molar-refractivity contribution in [3.05, 3.63) is 28.2 Å². The summed E-state index contributed by atoms with van der Waals surface area (Å²) >= 11 is 9.07. The average Bonchev–Trinajstić information content (AvgIpc) is 2.39. The van der Waals surface area contributed by atoms with E-state index in [9.17, 15) is 0 Å². The van der Waals surface area contributed by atoms with E-state index in [4.69, 9.17) is 21.7 Å². The van der Waals surface area contributed by atoms with Gasteiger partial charge in [0.2, 0.25) is 0 Å². The normalized spacial score (nSPS) is 27.6. The number of para-hydroxylation sites is 1. The highest BCUT2D eigenvalue weighted by atomic mass is 79.9. The number of nitrogens with zero attached hydrogens (tertiary/aromatic N) is 1. The van der Waals surface area contributed by atoms with E-state index in [-0.39, 0.29) is 6.04 Å². The third-order valence-corrected chi connectivity index (χ3v) is 4.87. The Balaban J connectivity index is 1.98. The van der Waals surface area contributed by atoms with Crippen molar-refractivity contribution < 1.29 is 9.47 Å². The molecule has 0 spiro atoms. The maximum atomic E-state index is 6.30. The first-order valence-electron chi connectivity index (χ1n) is 6.59. The third kappa shape index (κ3) is 2.19. The molecular formula is C14H17BrN2O2S. The molecule has 0 saturated carbocycles. The second-order valence-electron chi connectivity index (χ2n) is 5.29. The maximum absolute atomic E-state index is 6.30. The standard InChI is InChI=1S/C14H17BrN2O2S/c1-14-8-11(16-13(20)17(14)6-7-18-2)9-4-3-5-10(15)12(9)19-14/h3-5,11H,6-8H2,1-2H3,(H,16,20). The molecule has 108 valence electrons. The number of hydrogen-bond donors (Lipinski definition) is 1. The van der Waals surface area contributed by atoms with E-state index in [2.05, 4.69) is 39.1 Å². The van der Waals surface area contributed by atoms with Crippen LogP contribution in [0.2, 0.25) is 0 Å². The lowest BCUT2D eigenvalue weighted by atomic mass is 9.90. The van der Waals surface area contributed by atoms with E-state index in [1.807, 2.05) is 12.1 Å². The molecule has 0 amide bonds. The van der Waals surface area contributed by atoms with E-state index in [0.717, 1.165) is 27.3 Å². The first-order chi connectivity index (χ1) is 9.55. The van der Waals surface area contributed by atoms with Crippen molar-refractivity contribution in [1.82, 2.24) is 10.2 Å². The smallest absolute Gasteiger partial charge is 0.184 e. The lowest BCUT2D eigenvalue weighted by Gasteiger charge is -2.52. The predicted octanol–water partition coefficient (Wildman–Crippen LogP) is 2.83. The quantitative estimate of drug-likeness (QED) is 0.842. The van der Waals surface area contributed by atoms with E-state index in [1.165, 1.54) is 0 Å². The third-order valence-electron chi connectivity index (χ3n) is 3.91. The molecule has 2 atom stereocenters. The molecule has 3 rings (SSSR count). The molecular weight excluding hydrogens is 340 g/mol. The zero-order valence-electron chi connectivity index (χ0n) is 11.5. The fourth-order valence-corrected chi connectivity index (χ4v) is 3.80. The van der Waals surface area contributed by atoms with Crippen LogP contribution < -0.4 is 10.1 Å². The van der Waals surface area contributed by atoms with E-state index >= 15 is 0 Å². The monoisotopic (exact) mass is 356 g/mol. The highest BCUT2D eigenvalue weighted by Crippen LogP contribution is 2.46. The number of methoxy groups -OCH3 is 1. The summed E-state index contributed by atoms with van der Waals surface area (Å²) < 4.78 is 12.5. The fraction of sp³-hybridized carbons (Fsp3) is 0.500. The molecule has 1 N–H and O–H groups in total. The van der Waals surface area contributed by atoms with Crippen LogP contribution >= 0.6 is 28.1 Å². The Morgan fingerprint density at radius 3 is 3.15 bits per heavy atom. The summed E-state index contributed by atoms with van der Waals surface area (Å²) in [5.41, 5.74) is 0.730. The van der Waals surface area contributed by atoms with Gasteiger partial charge in [0.1, 0.15) is 5.75 Å². The highest BCUT2D eigenvalue weighted by molar-refractivity contribution is 9.10. The van der Waals surface area contributed by atoms with Crippen LogP contribution in [0.3, 0.4) is 0 Å². The number of thiocarbonyl (C=S) groups is 1. The Kier molecular flexibility index (Phi) is 3.64. The summed E-state index contributed by atoms with van der Waals surface area (Å²) in [5.74, 6) is 0.906. The van der Waals surface area contributed by atoms with E-state index in [0.29, 0.717) is 13.2 Å². The van der Waals surface area contributed by atoms with Gasteiger partial charge in [-0.05, 0) is 41.1 Å². The first kappa shape index (κ1) is 14.1. The number of hydrogen-bond acceptors (Lipinski definition) is 3. The van der Waals surface area contributed by atoms with E-state index in [1.54, 1.807) is 7.11 Å². The topological polar surface area (TPSA) is 33.7 Å². The van der Waals surface area contributed by atoms with Crippen LogP contribution in [0.25, 0.3) is 0 Å². The molecule has 2 aliphatic rings. The lowest BCUT2D eigenvalue weighted by Crippen LogP contribution is -2.65. The van der Waals surface area contributed by atoms with Crippen molar-refractivity contribution in [3.63, 3.8) is 0 Å². The summed E-state index contributed by atoms with van der Waals surface area (Å²) in [6, 6.07) is 6.32. The van der Waals surface area contributed by atoms with Crippen molar-refractivity contribution in [2.75, 3.05) is 20.3 Å². The van der Waals surface area contributed by atoms with Gasteiger partial charge in [0.25, 0.3) is 0 Å². The summed E-state index contributed by atoms with van der Waals surface area (Å²) in [6.07, 6.45) is 0.861. The second-order valence-corrected chi connectivity index (χ2v) is 6.53. The molecule has 6 heteroatoms. The fourth-order valence-electron chi connectivity index (χ4n) is 2.91. The number of benzene rings is 1. The molecule has 20 heavy (non-hydrogen) atoms. The van der Waals surface area contributed by atoms with Crippen LogP contribution in [-0.2, 0) is 4.74 Å². The molecule has 1 fully saturated rings. The van der Waals surface area contributed by atoms with Crippen LogP contribution in [0.1, 0.15) is 24.9 Å². The summed E-state index contributed by atoms with van der Waals surface area (Å²) in [6.45, 7) is 3.42. The zero-order valence-corrected chi connectivity index (χ0v) is 13.9. The Morgan fingerprint density at radius 2 is 2.40 bits per heavy atom. The molecule has 2 unspecified atom stereocenters. The van der Waals surface area contributed by atoms with Gasteiger partial charge in [-0.1, -0.05) is 12.1 Å². The second kappa shape index (κ2) is 5.16. The van der Waals surface area contributed by atoms with Crippen molar-refractivity contribution in [3.8, 4) is 5.75 Å². The zero-order chi connectivity index (χ0) is 14.3. The SMILES string of the molecule is COCCN1C(=S)NC2CC1(C)Oc1c(Br)cccc12. The summed E-state index contributed by atoms with van der Waals surface area (Å²) in [5, 5.41) is 4.14. The van der Waals surface area contributed by atoms with E-state index < -0.39 is 5.72 Å². The molecule has 2 bridgehead atoms. The van der Waals surface area contributed by atoms with Crippen LogP contribution in [0.5, 0.6) is 5.75 Å². The van der Waals surface area contributed by atoms with Gasteiger partial charge in [-0.3, -0.25) is 0 Å². The van der Waals surface area contributed by atoms with Gasteiger partial charge in [0.15, 0.2) is 10.8 Å². The molecule has 4 nitrogen and oxygen atoms in total. The van der Waals surface area contributed by atoms with Gasteiger partial charge in [0.05, 0.1) is 17.1 Å². The van der Waals surface area contributed by atoms with Crippen LogP contribution in [-0.4, -0.2) is 36.0 Å². The Bertz CT molecular complexity index is 554. The molecule has 0 radical (unpaired) electrons. The molecule has 1 saturated heterocycles. The Hall–Kier alpha value is -0.850. The summed E-state index contributed by atoms with van der Waals surface area (Å²) in [4.78, 5) is 2.07. The van der Waals surface area contributed by atoms with Gasteiger partial charge < -0.3 is 19.7 Å². The number of ether oxygens (including phenoxy) is 2. The average molecular weight is 357 g/mol. The predicted molar refractivity (Wildman–Crippen MR) is 84.8 cm³/mol. The van der Waals surface area contributed by atoms with Crippen molar-refractivity contribution >= 4 is 33.3 Å². The molecule has 1 aromatic carbocycles. The first-order valence-corrected chi connectivity index (χ1v) is 7.80. The van der Waals surface area contributed by atoms with Gasteiger partial charge >= 0.3 is 0 Å². The van der Waals surface area contributed by atoms with Crippen LogP contribution in [0.15, 0.2) is 22.7 Å². The molecule has 1 aromatic rings. The lowest BCUT2D eigenvalue weighted by molar-refractivity contribution is -0.0745. The summed E-state index contributed by atoms with van der Waals surface area (Å²) in [7, 11) is 1.69. The minimum absolute atomic E-state index is 0.201. The molecule has 2 heterocycles. The van der Waals surface area contributed by atoms with Gasteiger partial charge in [-0.25, -0.2) is 0 Å². The number of halogens is 1. The minimum Gasteiger partial charge on any atom is -0.467 e. The van der Waals surface area contributed by atoms with Gasteiger partial charge in [-0.2, -0.15) is 0 Å². The highest BCUT2D eigenvalue weighted by Gasteiger charge is 2.47. The van der Waals surface area contributed by atoms with Gasteiger partial charge in [-0.15, -0.1) is 0 Å². The maximum Gasteiger partial charge on any atom is 0.184 e. The largest absolute Gasteiger partial charge is 0.467 e. The van der Waals surface area contributed by atoms with Gasteiger partial charge in [0, 0.05) is 25.6 Å². The van der Waals surface area contributed by atoms with Crippen molar-refractivity contribution in [2.24, 2.45) is 0 Å². The Labute approximate surface area is 132 Å². The molecule has 0 aliphatic carbocycles. The van der Waals surface area contributed by atoms with Crippen LogP contribution in [0, 0.1) is 0 Å². The minimum atomic E-state index is -0.428. The van der Waals surface area contributed by atoms with Crippen molar-refractivity contribution in [1.29, 1.82) is 0 Å². The van der Waals surface area contributed by atoms with Crippen molar-refractivity contribution in [2.45, 2.75) is 25.1 Å². The van der Waals surface area contributed by atoms with Crippen LogP contribution in [0.4, 0.5) is 0 Å². The number of rotatable bonds is 3. The molecule has 2 aliphatic heterocycles. The molecule has 0 aromatic heterocycles. The Morgan fingerprint density at radius 1 is 1.60 bits per heavy atom.